The summed E-state index contributed by atoms with van der Waals surface area (Å²) >= 11 is 1.76. The van der Waals surface area contributed by atoms with Crippen LogP contribution in [0.4, 0.5) is 5.69 Å². The molecule has 0 aromatic carbocycles. The number of nitrogens with two attached hydrogens (primary N) is 1. The topological polar surface area (TPSA) is 43.8 Å². The molecule has 1 heterocycles. The Kier molecular flexibility index (Phi) is 3.25. The quantitative estimate of drug-likeness (QED) is 0.758. The van der Waals surface area contributed by atoms with Crippen molar-refractivity contribution in [2.75, 3.05) is 5.73 Å². The van der Waals surface area contributed by atoms with E-state index in [1.54, 1.807) is 11.8 Å². The number of anilines is 1. The maximum Gasteiger partial charge on any atom is 0.117 e. The van der Waals surface area contributed by atoms with Crippen molar-refractivity contribution in [3.8, 4) is 0 Å². The lowest BCUT2D eigenvalue weighted by atomic mass is 10.3. The zero-order valence-electron chi connectivity index (χ0n) is 8.66. The number of nitrogens with zero attached hydrogens (tertiary/aromatic N) is 2. The molecular formula is C9H17N3S. The van der Waals surface area contributed by atoms with E-state index in [4.69, 9.17) is 5.73 Å². The maximum atomic E-state index is 5.96. The third-order valence-electron chi connectivity index (χ3n) is 1.79. The van der Waals surface area contributed by atoms with Gasteiger partial charge in [-0.2, -0.15) is 5.10 Å². The van der Waals surface area contributed by atoms with E-state index in [1.165, 1.54) is 0 Å². The van der Waals surface area contributed by atoms with Gasteiger partial charge >= 0.3 is 0 Å². The van der Waals surface area contributed by atoms with Gasteiger partial charge in [-0.3, -0.25) is 4.68 Å². The van der Waals surface area contributed by atoms with Crippen LogP contribution < -0.4 is 5.73 Å². The van der Waals surface area contributed by atoms with Crippen LogP contribution in [0.25, 0.3) is 0 Å². The number of aryl methyl sites for hydroxylation is 2. The number of nitrogen functional groups attached to an aromatic ring is 1. The van der Waals surface area contributed by atoms with Crippen LogP contribution in [-0.4, -0.2) is 15.0 Å². The Labute approximate surface area is 83.7 Å². The molecule has 0 atom stereocenters. The van der Waals surface area contributed by atoms with Crippen molar-refractivity contribution in [1.29, 1.82) is 0 Å². The Morgan fingerprint density at radius 1 is 1.54 bits per heavy atom. The summed E-state index contributed by atoms with van der Waals surface area (Å²) in [6.07, 6.45) is 0.901. The summed E-state index contributed by atoms with van der Waals surface area (Å²) in [6.45, 7) is 6.38. The van der Waals surface area contributed by atoms with Gasteiger partial charge in [0.05, 0.1) is 11.4 Å². The lowest BCUT2D eigenvalue weighted by Crippen LogP contribution is -1.97. The van der Waals surface area contributed by atoms with Crippen molar-refractivity contribution in [1.82, 2.24) is 9.78 Å². The first-order valence-electron chi connectivity index (χ1n) is 4.54. The van der Waals surface area contributed by atoms with E-state index >= 15 is 0 Å². The largest absolute Gasteiger partial charge is 0.395 e. The number of hydrogen-bond donors (Lipinski definition) is 1. The van der Waals surface area contributed by atoms with Gasteiger partial charge in [-0.1, -0.05) is 20.8 Å². The molecule has 1 aromatic heterocycles. The van der Waals surface area contributed by atoms with Crippen LogP contribution in [0.1, 0.15) is 26.5 Å². The molecule has 74 valence electrons. The fourth-order valence-corrected chi connectivity index (χ4v) is 2.09. The first kappa shape index (κ1) is 10.4. The van der Waals surface area contributed by atoms with Crippen molar-refractivity contribution in [2.45, 2.75) is 37.5 Å². The van der Waals surface area contributed by atoms with Gasteiger partial charge in [-0.15, -0.1) is 11.8 Å². The van der Waals surface area contributed by atoms with E-state index in [9.17, 15) is 0 Å². The van der Waals surface area contributed by atoms with E-state index in [0.29, 0.717) is 5.25 Å². The Balaban J connectivity index is 2.98. The van der Waals surface area contributed by atoms with Crippen LogP contribution >= 0.6 is 11.8 Å². The number of rotatable bonds is 3. The van der Waals surface area contributed by atoms with E-state index in [-0.39, 0.29) is 0 Å². The van der Waals surface area contributed by atoms with Crippen LogP contribution in [0.5, 0.6) is 0 Å². The molecule has 0 unspecified atom stereocenters. The molecule has 2 N–H and O–H groups in total. The minimum atomic E-state index is 0.544. The van der Waals surface area contributed by atoms with Crippen LogP contribution in [0, 0.1) is 0 Å². The summed E-state index contributed by atoms with van der Waals surface area (Å²) in [7, 11) is 1.94. The fraction of sp³-hybridized carbons (Fsp3) is 0.667. The molecule has 0 spiro atoms. The first-order chi connectivity index (χ1) is 6.06. The molecule has 1 aromatic rings. The molecule has 0 saturated carbocycles. The highest BCUT2D eigenvalue weighted by Gasteiger charge is 2.13. The summed E-state index contributed by atoms with van der Waals surface area (Å²) in [5.41, 5.74) is 7.81. The minimum absolute atomic E-state index is 0.544. The SMILES string of the molecule is CCc1nn(C)c(SC(C)C)c1N. The van der Waals surface area contributed by atoms with E-state index in [1.807, 2.05) is 11.7 Å². The molecule has 0 aliphatic heterocycles. The van der Waals surface area contributed by atoms with Gasteiger partial charge < -0.3 is 5.73 Å². The number of thioether (sulfide) groups is 1. The lowest BCUT2D eigenvalue weighted by Gasteiger charge is -2.05. The van der Waals surface area contributed by atoms with Gasteiger partial charge in [-0.05, 0) is 6.42 Å². The van der Waals surface area contributed by atoms with Crippen LogP contribution in [0.3, 0.4) is 0 Å². The zero-order chi connectivity index (χ0) is 10.0. The minimum Gasteiger partial charge on any atom is -0.395 e. The predicted octanol–water partition coefficient (Wildman–Crippen LogP) is 2.07. The lowest BCUT2D eigenvalue weighted by molar-refractivity contribution is 0.686. The molecule has 0 aliphatic rings. The van der Waals surface area contributed by atoms with Gasteiger partial charge in [0, 0.05) is 12.3 Å². The van der Waals surface area contributed by atoms with E-state index in [2.05, 4.69) is 25.9 Å². The highest BCUT2D eigenvalue weighted by molar-refractivity contribution is 8.00. The molecule has 4 heteroatoms. The standard InChI is InChI=1S/C9H17N3S/c1-5-7-8(10)9(12(4)11-7)13-6(2)3/h6H,5,10H2,1-4H3. The zero-order valence-corrected chi connectivity index (χ0v) is 9.48. The van der Waals surface area contributed by atoms with Crippen LogP contribution in [-0.2, 0) is 13.5 Å². The first-order valence-corrected chi connectivity index (χ1v) is 5.42. The van der Waals surface area contributed by atoms with Crippen molar-refractivity contribution < 1.29 is 0 Å². The van der Waals surface area contributed by atoms with Crippen molar-refractivity contribution in [2.24, 2.45) is 7.05 Å². The smallest absolute Gasteiger partial charge is 0.117 e. The van der Waals surface area contributed by atoms with Crippen LogP contribution in [0.15, 0.2) is 5.03 Å². The molecule has 0 saturated heterocycles. The van der Waals surface area contributed by atoms with Crippen LogP contribution in [0.2, 0.25) is 0 Å². The molecule has 0 radical (unpaired) electrons. The summed E-state index contributed by atoms with van der Waals surface area (Å²) in [6, 6.07) is 0. The maximum absolute atomic E-state index is 5.96. The molecule has 3 nitrogen and oxygen atoms in total. The molecule has 0 amide bonds. The van der Waals surface area contributed by atoms with Crippen molar-refractivity contribution in [3.63, 3.8) is 0 Å². The van der Waals surface area contributed by atoms with Gasteiger partial charge in [0.2, 0.25) is 0 Å². The Hall–Kier alpha value is -0.640. The third kappa shape index (κ3) is 2.18. The molecule has 0 aliphatic carbocycles. The van der Waals surface area contributed by atoms with Crippen molar-refractivity contribution in [3.05, 3.63) is 5.69 Å². The Morgan fingerprint density at radius 2 is 2.15 bits per heavy atom. The number of hydrogen-bond acceptors (Lipinski definition) is 3. The second-order valence-corrected chi connectivity index (χ2v) is 4.87. The van der Waals surface area contributed by atoms with Gasteiger partial charge in [-0.25, -0.2) is 0 Å². The summed E-state index contributed by atoms with van der Waals surface area (Å²) in [5, 5.41) is 5.99. The van der Waals surface area contributed by atoms with Gasteiger partial charge in [0.25, 0.3) is 0 Å². The Morgan fingerprint density at radius 3 is 2.54 bits per heavy atom. The second kappa shape index (κ2) is 4.05. The number of aromatic nitrogens is 2. The van der Waals surface area contributed by atoms with Crippen molar-refractivity contribution >= 4 is 17.4 Å². The van der Waals surface area contributed by atoms with Gasteiger partial charge in [0.15, 0.2) is 0 Å². The van der Waals surface area contributed by atoms with E-state index < -0.39 is 0 Å². The molecule has 0 bridgehead atoms. The predicted molar refractivity (Wildman–Crippen MR) is 58.0 cm³/mol. The molecule has 1 rings (SSSR count). The van der Waals surface area contributed by atoms with E-state index in [0.717, 1.165) is 22.8 Å². The summed E-state index contributed by atoms with van der Waals surface area (Å²) < 4.78 is 1.87. The average molecular weight is 199 g/mol. The molecular weight excluding hydrogens is 182 g/mol. The molecule has 13 heavy (non-hydrogen) atoms. The normalized spacial score (nSPS) is 11.2. The Bertz CT molecular complexity index is 291. The monoisotopic (exact) mass is 199 g/mol. The summed E-state index contributed by atoms with van der Waals surface area (Å²) in [4.78, 5) is 0. The highest BCUT2D eigenvalue weighted by atomic mass is 32.2. The summed E-state index contributed by atoms with van der Waals surface area (Å²) in [5.74, 6) is 0. The fourth-order valence-electron chi connectivity index (χ4n) is 1.20. The van der Waals surface area contributed by atoms with Gasteiger partial charge in [0.1, 0.15) is 5.03 Å². The highest BCUT2D eigenvalue weighted by Crippen LogP contribution is 2.30. The second-order valence-electron chi connectivity index (χ2n) is 3.31. The third-order valence-corrected chi connectivity index (χ3v) is 2.97. The average Bonchev–Trinajstić information content (AvgIpc) is 2.31. The molecule has 0 fully saturated rings.